The van der Waals surface area contributed by atoms with E-state index in [-0.39, 0.29) is 39.3 Å². The van der Waals surface area contributed by atoms with Crippen molar-refractivity contribution in [2.24, 2.45) is 0 Å². The molecular formula is C23H21ClF2N6OS. The van der Waals surface area contributed by atoms with Gasteiger partial charge in [-0.2, -0.15) is 0 Å². The number of rotatable bonds is 5. The van der Waals surface area contributed by atoms with Gasteiger partial charge in [0, 0.05) is 13.1 Å². The minimum atomic E-state index is -0.919. The van der Waals surface area contributed by atoms with E-state index in [1.54, 1.807) is 29.4 Å². The number of halogens is 3. The molecule has 0 spiro atoms. The van der Waals surface area contributed by atoms with Crippen LogP contribution in [0.3, 0.4) is 0 Å². The Morgan fingerprint density at radius 2 is 1.97 bits per heavy atom. The molecule has 3 N–H and O–H groups in total. The predicted octanol–water partition coefficient (Wildman–Crippen LogP) is 5.43. The summed E-state index contributed by atoms with van der Waals surface area (Å²) in [5, 5.41) is 2.79. The van der Waals surface area contributed by atoms with Crippen molar-refractivity contribution in [3.8, 4) is 16.9 Å². The molecular weight excluding hydrogens is 482 g/mol. The van der Waals surface area contributed by atoms with Gasteiger partial charge in [0.1, 0.15) is 17.3 Å². The number of aromatic amines is 2. The summed E-state index contributed by atoms with van der Waals surface area (Å²) in [6.45, 7) is 1.35. The summed E-state index contributed by atoms with van der Waals surface area (Å²) in [6.07, 6.45) is 4.59. The number of nitrogens with zero attached hydrogens (tertiary/aromatic N) is 3. The highest BCUT2D eigenvalue weighted by molar-refractivity contribution is 7.71. The lowest BCUT2D eigenvalue weighted by Crippen LogP contribution is -2.39. The second kappa shape index (κ2) is 9.19. The molecule has 0 bridgehead atoms. The summed E-state index contributed by atoms with van der Waals surface area (Å²) in [6, 6.07) is 7.56. The Bertz CT molecular complexity index is 1440. The van der Waals surface area contributed by atoms with Crippen LogP contribution in [-0.4, -0.2) is 50.0 Å². The largest absolute Gasteiger partial charge is 0.361 e. The molecule has 0 saturated carbocycles. The van der Waals surface area contributed by atoms with Gasteiger partial charge in [0.2, 0.25) is 5.91 Å². The van der Waals surface area contributed by atoms with Crippen LogP contribution in [0.15, 0.2) is 36.7 Å². The zero-order chi connectivity index (χ0) is 23.8. The van der Waals surface area contributed by atoms with Gasteiger partial charge in [-0.1, -0.05) is 11.6 Å². The van der Waals surface area contributed by atoms with E-state index in [4.69, 9.17) is 23.8 Å². The maximum atomic E-state index is 15.2. The molecule has 0 unspecified atom stereocenters. The van der Waals surface area contributed by atoms with Crippen molar-refractivity contribution >= 4 is 46.6 Å². The van der Waals surface area contributed by atoms with Crippen LogP contribution in [0.2, 0.25) is 5.02 Å². The Hall–Kier alpha value is -3.24. The van der Waals surface area contributed by atoms with E-state index in [1.165, 1.54) is 4.57 Å². The average Bonchev–Trinajstić information content (AvgIpc) is 3.44. The number of amides is 1. The number of carbonyl (C=O) groups excluding carboxylic acids is 1. The Balaban J connectivity index is 1.62. The lowest BCUT2D eigenvalue weighted by Gasteiger charge is -2.26. The number of aromatic nitrogens is 4. The van der Waals surface area contributed by atoms with Gasteiger partial charge in [-0.25, -0.2) is 13.8 Å². The number of benzene rings is 2. The topological polar surface area (TPSA) is 81.7 Å². The van der Waals surface area contributed by atoms with Crippen molar-refractivity contribution < 1.29 is 13.6 Å². The molecule has 2 aromatic carbocycles. The van der Waals surface area contributed by atoms with Gasteiger partial charge in [0.05, 0.1) is 40.2 Å². The smallest absolute Gasteiger partial charge is 0.241 e. The molecule has 34 heavy (non-hydrogen) atoms. The molecule has 0 atom stereocenters. The van der Waals surface area contributed by atoms with E-state index in [0.717, 1.165) is 42.4 Å². The third kappa shape index (κ3) is 4.07. The van der Waals surface area contributed by atoms with Crippen molar-refractivity contribution in [1.82, 2.24) is 24.4 Å². The minimum Gasteiger partial charge on any atom is -0.361 e. The van der Waals surface area contributed by atoms with Crippen molar-refractivity contribution in [2.45, 2.75) is 19.3 Å². The summed E-state index contributed by atoms with van der Waals surface area (Å²) in [5.41, 5.74) is 1.78. The zero-order valence-electron chi connectivity index (χ0n) is 18.0. The highest BCUT2D eigenvalue weighted by atomic mass is 35.5. The molecule has 1 aliphatic rings. The van der Waals surface area contributed by atoms with E-state index < -0.39 is 11.6 Å². The van der Waals surface area contributed by atoms with Crippen molar-refractivity contribution in [3.63, 3.8) is 0 Å². The summed E-state index contributed by atoms with van der Waals surface area (Å²) >= 11 is 11.5. The number of carbonyl (C=O) groups is 1. The fourth-order valence-corrected chi connectivity index (χ4v) is 4.73. The maximum absolute atomic E-state index is 15.2. The number of H-pyrrole nitrogens is 2. The monoisotopic (exact) mass is 502 g/mol. The molecule has 4 aromatic rings. The van der Waals surface area contributed by atoms with Gasteiger partial charge in [0.15, 0.2) is 10.6 Å². The van der Waals surface area contributed by atoms with Gasteiger partial charge in [-0.05, 0) is 61.8 Å². The molecule has 1 amide bonds. The zero-order valence-corrected chi connectivity index (χ0v) is 19.6. The third-order valence-corrected chi connectivity index (χ3v) is 6.54. The van der Waals surface area contributed by atoms with Crippen LogP contribution in [-0.2, 0) is 4.79 Å². The molecule has 176 valence electrons. The van der Waals surface area contributed by atoms with Crippen LogP contribution in [0, 0.1) is 16.4 Å². The number of fused-ring (bicyclic) bond motifs is 1. The van der Waals surface area contributed by atoms with E-state index in [0.29, 0.717) is 18.8 Å². The van der Waals surface area contributed by atoms with Crippen molar-refractivity contribution in [2.75, 3.05) is 25.0 Å². The number of likely N-dealkylation sites (tertiary alicyclic amines) is 1. The van der Waals surface area contributed by atoms with Gasteiger partial charge < -0.3 is 20.2 Å². The quantitative estimate of drug-likeness (QED) is 0.251. The number of imidazole rings is 2. The molecule has 1 fully saturated rings. The first-order valence-corrected chi connectivity index (χ1v) is 11.7. The molecule has 7 nitrogen and oxygen atoms in total. The number of nitrogens with one attached hydrogen (secondary N) is 3. The fourth-order valence-electron chi connectivity index (χ4n) is 4.27. The van der Waals surface area contributed by atoms with Crippen LogP contribution < -0.4 is 5.32 Å². The standard InChI is InChI=1S/C23H21ClF2N6OS/c24-14-5-6-15(25)19(20(14)26)21-22(27-11-18(33)31-8-2-1-3-9-31)30-23(34)32(21)13-4-7-16-17(10-13)29-12-28-16/h4-7,10,12,27H,1-3,8-9,11H2,(H,28,29)(H,30,34). The van der Waals surface area contributed by atoms with Crippen LogP contribution in [0.5, 0.6) is 0 Å². The van der Waals surface area contributed by atoms with Crippen LogP contribution in [0.4, 0.5) is 14.6 Å². The SMILES string of the molecule is O=C(CNc1[nH]c(=S)n(-c2ccc3nc[nH]c3c2)c1-c1c(F)ccc(Cl)c1F)N1CCCCC1. The normalized spacial score (nSPS) is 14.0. The minimum absolute atomic E-state index is 0.0499. The second-order valence-corrected chi connectivity index (χ2v) is 8.90. The first-order valence-electron chi connectivity index (χ1n) is 10.9. The van der Waals surface area contributed by atoms with Gasteiger partial charge >= 0.3 is 0 Å². The molecule has 0 aliphatic carbocycles. The van der Waals surface area contributed by atoms with E-state index >= 15 is 8.78 Å². The summed E-state index contributed by atoms with van der Waals surface area (Å²) in [4.78, 5) is 24.7. The van der Waals surface area contributed by atoms with Crippen LogP contribution >= 0.6 is 23.8 Å². The predicted molar refractivity (Wildman–Crippen MR) is 130 cm³/mol. The van der Waals surface area contributed by atoms with Crippen LogP contribution in [0.25, 0.3) is 28.0 Å². The van der Waals surface area contributed by atoms with Gasteiger partial charge in [-0.3, -0.25) is 9.36 Å². The summed E-state index contributed by atoms with van der Waals surface area (Å²) in [5.74, 6) is -1.60. The Kier molecular flexibility index (Phi) is 6.09. The summed E-state index contributed by atoms with van der Waals surface area (Å²) < 4.78 is 31.9. The lowest BCUT2D eigenvalue weighted by molar-refractivity contribution is -0.130. The molecule has 2 aromatic heterocycles. The molecule has 1 saturated heterocycles. The molecule has 5 rings (SSSR count). The first kappa shape index (κ1) is 22.5. The molecule has 11 heteroatoms. The van der Waals surface area contributed by atoms with Crippen molar-refractivity contribution in [3.05, 3.63) is 58.1 Å². The Morgan fingerprint density at radius 3 is 2.76 bits per heavy atom. The third-order valence-electron chi connectivity index (χ3n) is 5.96. The highest BCUT2D eigenvalue weighted by Crippen LogP contribution is 2.37. The van der Waals surface area contributed by atoms with E-state index in [1.807, 2.05) is 0 Å². The number of anilines is 1. The van der Waals surface area contributed by atoms with Gasteiger partial charge in [0.25, 0.3) is 0 Å². The number of hydrogen-bond acceptors (Lipinski definition) is 4. The molecule has 1 aliphatic heterocycles. The maximum Gasteiger partial charge on any atom is 0.241 e. The number of piperidine rings is 1. The molecule has 0 radical (unpaired) electrons. The van der Waals surface area contributed by atoms with E-state index in [2.05, 4.69) is 20.3 Å². The van der Waals surface area contributed by atoms with Crippen LogP contribution in [0.1, 0.15) is 19.3 Å². The second-order valence-electron chi connectivity index (χ2n) is 8.11. The molecule has 3 heterocycles. The fraction of sp³-hybridized carbons (Fsp3) is 0.261. The summed E-state index contributed by atoms with van der Waals surface area (Å²) in [7, 11) is 0. The Labute approximate surface area is 203 Å². The first-order chi connectivity index (χ1) is 16.4. The van der Waals surface area contributed by atoms with E-state index in [9.17, 15) is 4.79 Å². The van der Waals surface area contributed by atoms with Gasteiger partial charge in [-0.15, -0.1) is 0 Å². The average molecular weight is 503 g/mol. The highest BCUT2D eigenvalue weighted by Gasteiger charge is 2.25. The lowest BCUT2D eigenvalue weighted by atomic mass is 10.1. The number of hydrogen-bond donors (Lipinski definition) is 3. The Morgan fingerprint density at radius 1 is 1.18 bits per heavy atom. The van der Waals surface area contributed by atoms with Crippen molar-refractivity contribution in [1.29, 1.82) is 0 Å².